The molecule has 1 fully saturated rings. The fourth-order valence-corrected chi connectivity index (χ4v) is 6.36. The van der Waals surface area contributed by atoms with Crippen LogP contribution in [0.4, 0.5) is 0 Å². The fourth-order valence-electron chi connectivity index (χ4n) is 5.11. The maximum Gasteiger partial charge on any atom is 0.339 e. The highest BCUT2D eigenvalue weighted by atomic mass is 35.5. The molecule has 1 saturated heterocycles. The Morgan fingerprint density at radius 2 is 1.85 bits per heavy atom. The molecule has 3 heterocycles. The van der Waals surface area contributed by atoms with Crippen LogP contribution in [0.1, 0.15) is 51.0 Å². The second kappa shape index (κ2) is 10.8. The number of ether oxygens (including phenoxy) is 3. The van der Waals surface area contributed by atoms with Gasteiger partial charge in [-0.1, -0.05) is 23.7 Å². The predicted octanol–water partition coefficient (Wildman–Crippen LogP) is 7.93. The molecule has 0 N–H and O–H groups in total. The zero-order valence-electron chi connectivity index (χ0n) is 23.7. The minimum Gasteiger partial charge on any atom is -0.464 e. The van der Waals surface area contributed by atoms with Gasteiger partial charge in [-0.2, -0.15) is 5.10 Å². The van der Waals surface area contributed by atoms with Gasteiger partial charge in [0.25, 0.3) is 0 Å². The average Bonchev–Trinajstić information content (AvgIpc) is 3.49. The van der Waals surface area contributed by atoms with Gasteiger partial charge >= 0.3 is 5.97 Å². The molecule has 6 rings (SSSR count). The van der Waals surface area contributed by atoms with Crippen molar-refractivity contribution >= 4 is 50.0 Å². The van der Waals surface area contributed by atoms with Gasteiger partial charge < -0.3 is 14.2 Å². The number of carbonyl (C=O) groups excluding carboxylic acids is 1. The summed E-state index contributed by atoms with van der Waals surface area (Å²) >= 11 is 7.87. The lowest BCUT2D eigenvalue weighted by molar-refractivity contribution is -0.166. The van der Waals surface area contributed by atoms with Crippen molar-refractivity contribution in [1.82, 2.24) is 14.8 Å². The Balaban J connectivity index is 1.54. The number of aromatic nitrogens is 3. The van der Waals surface area contributed by atoms with Crippen molar-refractivity contribution < 1.29 is 19.0 Å². The van der Waals surface area contributed by atoms with Crippen LogP contribution < -0.4 is 0 Å². The lowest BCUT2D eigenvalue weighted by atomic mass is 9.91. The van der Waals surface area contributed by atoms with E-state index in [1.807, 2.05) is 68.8 Å². The third-order valence-electron chi connectivity index (χ3n) is 7.06. The van der Waals surface area contributed by atoms with Gasteiger partial charge in [-0.05, 0) is 82.1 Å². The molecule has 41 heavy (non-hydrogen) atoms. The Bertz CT molecular complexity index is 1750. The van der Waals surface area contributed by atoms with Gasteiger partial charge in [-0.15, -0.1) is 11.3 Å². The second-order valence-corrected chi connectivity index (χ2v) is 12.7. The molecule has 7 nitrogen and oxygen atoms in total. The standard InChI is InChI=1S/C32H32ClN3O4S/c1-6-39-31(37)28(40-32(3,4)5)26-18(2)13-25-29(27(26)19-7-10-22(33)11-8-19)41-30(34-25)20-9-12-24-21(14-20)15-36(35-24)23-16-38-17-23/h7-15,23,28H,6,16-17H2,1-5H3/t28-/m0/s1. The Kier molecular flexibility index (Phi) is 7.36. The monoisotopic (exact) mass is 589 g/mol. The molecule has 212 valence electrons. The van der Waals surface area contributed by atoms with Crippen LogP contribution in [0.25, 0.3) is 42.8 Å². The minimum atomic E-state index is -0.909. The van der Waals surface area contributed by atoms with E-state index in [0.717, 1.165) is 53.9 Å². The van der Waals surface area contributed by atoms with Gasteiger partial charge in [0.2, 0.25) is 0 Å². The molecule has 0 radical (unpaired) electrons. The zero-order chi connectivity index (χ0) is 28.9. The summed E-state index contributed by atoms with van der Waals surface area (Å²) in [6.07, 6.45) is 1.17. The highest BCUT2D eigenvalue weighted by molar-refractivity contribution is 7.22. The van der Waals surface area contributed by atoms with Crippen molar-refractivity contribution in [3.63, 3.8) is 0 Å². The Morgan fingerprint density at radius 3 is 2.51 bits per heavy atom. The van der Waals surface area contributed by atoms with E-state index in [1.165, 1.54) is 0 Å². The third kappa shape index (κ3) is 5.49. The van der Waals surface area contributed by atoms with Crippen molar-refractivity contribution in [3.8, 4) is 21.7 Å². The van der Waals surface area contributed by atoms with E-state index in [-0.39, 0.29) is 6.61 Å². The molecule has 9 heteroatoms. The van der Waals surface area contributed by atoms with Crippen LogP contribution in [0.2, 0.25) is 5.02 Å². The first kappa shape index (κ1) is 27.8. The molecule has 1 aliphatic rings. The lowest BCUT2D eigenvalue weighted by Crippen LogP contribution is -2.30. The first-order valence-corrected chi connectivity index (χ1v) is 14.9. The molecule has 0 amide bonds. The zero-order valence-corrected chi connectivity index (χ0v) is 25.3. The van der Waals surface area contributed by atoms with Gasteiger partial charge in [0.1, 0.15) is 5.01 Å². The molecule has 0 aliphatic carbocycles. The normalized spacial score (nSPS) is 14.9. The van der Waals surface area contributed by atoms with Crippen LogP contribution in [0.5, 0.6) is 0 Å². The van der Waals surface area contributed by atoms with Crippen LogP contribution in [0, 0.1) is 6.92 Å². The van der Waals surface area contributed by atoms with Crippen LogP contribution in [0.3, 0.4) is 0 Å². The number of nitrogens with zero attached hydrogens (tertiary/aromatic N) is 3. The Hall–Kier alpha value is -3.30. The van der Waals surface area contributed by atoms with Crippen LogP contribution in [-0.2, 0) is 19.0 Å². The van der Waals surface area contributed by atoms with E-state index in [4.69, 9.17) is 35.9 Å². The highest BCUT2D eigenvalue weighted by Crippen LogP contribution is 2.45. The first-order chi connectivity index (χ1) is 19.6. The number of carbonyl (C=O) groups is 1. The number of benzene rings is 3. The summed E-state index contributed by atoms with van der Waals surface area (Å²) < 4.78 is 20.2. The predicted molar refractivity (Wildman–Crippen MR) is 164 cm³/mol. The van der Waals surface area contributed by atoms with Crippen molar-refractivity contribution in [2.24, 2.45) is 0 Å². The largest absolute Gasteiger partial charge is 0.464 e. The van der Waals surface area contributed by atoms with Crippen molar-refractivity contribution in [3.05, 3.63) is 70.9 Å². The second-order valence-electron chi connectivity index (χ2n) is 11.3. The number of aryl methyl sites for hydroxylation is 1. The average molecular weight is 590 g/mol. The minimum absolute atomic E-state index is 0.262. The van der Waals surface area contributed by atoms with Crippen molar-refractivity contribution in [2.75, 3.05) is 19.8 Å². The van der Waals surface area contributed by atoms with E-state index in [0.29, 0.717) is 24.3 Å². The molecule has 1 atom stereocenters. The number of fused-ring (bicyclic) bond motifs is 2. The summed E-state index contributed by atoms with van der Waals surface area (Å²) in [5.41, 5.74) is 5.75. The quantitative estimate of drug-likeness (QED) is 0.179. The maximum atomic E-state index is 13.4. The lowest BCUT2D eigenvalue weighted by Gasteiger charge is -2.29. The summed E-state index contributed by atoms with van der Waals surface area (Å²) in [5, 5.41) is 7.31. The van der Waals surface area contributed by atoms with E-state index >= 15 is 0 Å². The number of halogens is 1. The van der Waals surface area contributed by atoms with Gasteiger partial charge in [-0.3, -0.25) is 4.68 Å². The SMILES string of the molecule is CCOC(=O)[C@@H](OC(C)(C)C)c1c(C)cc2nc(-c3ccc4nn(C5COC5)cc4c3)sc2c1-c1ccc(Cl)cc1. The number of thiazole rings is 1. The number of rotatable bonds is 7. The molecule has 0 saturated carbocycles. The van der Waals surface area contributed by atoms with E-state index < -0.39 is 17.7 Å². The molecule has 0 spiro atoms. The molecule has 0 bridgehead atoms. The maximum absolute atomic E-state index is 13.4. The van der Waals surface area contributed by atoms with Gasteiger partial charge in [0, 0.05) is 33.3 Å². The molecule has 3 aromatic carbocycles. The number of hydrogen-bond donors (Lipinski definition) is 0. The van der Waals surface area contributed by atoms with Crippen molar-refractivity contribution in [2.45, 2.75) is 52.4 Å². The van der Waals surface area contributed by atoms with Crippen LogP contribution >= 0.6 is 22.9 Å². The van der Waals surface area contributed by atoms with E-state index in [9.17, 15) is 4.79 Å². The summed E-state index contributed by atoms with van der Waals surface area (Å²) in [4.78, 5) is 18.4. The van der Waals surface area contributed by atoms with Gasteiger partial charge in [0.15, 0.2) is 6.10 Å². The Labute approximate surface area is 248 Å². The summed E-state index contributed by atoms with van der Waals surface area (Å²) in [6.45, 7) is 11.3. The summed E-state index contributed by atoms with van der Waals surface area (Å²) in [6, 6.07) is 16.2. The fraction of sp³-hybridized carbons (Fsp3) is 0.344. The number of hydrogen-bond acceptors (Lipinski definition) is 7. The molecule has 2 aromatic heterocycles. The van der Waals surface area contributed by atoms with Crippen molar-refractivity contribution in [1.29, 1.82) is 0 Å². The Morgan fingerprint density at radius 1 is 1.12 bits per heavy atom. The molecule has 5 aromatic rings. The third-order valence-corrected chi connectivity index (χ3v) is 8.45. The summed E-state index contributed by atoms with van der Waals surface area (Å²) in [5.74, 6) is -0.413. The molecule has 0 unspecified atom stereocenters. The van der Waals surface area contributed by atoms with Crippen LogP contribution in [0.15, 0.2) is 54.7 Å². The van der Waals surface area contributed by atoms with E-state index in [1.54, 1.807) is 18.3 Å². The number of esters is 1. The van der Waals surface area contributed by atoms with Gasteiger partial charge in [0.05, 0.1) is 47.2 Å². The van der Waals surface area contributed by atoms with Crippen LogP contribution in [-0.4, -0.2) is 46.2 Å². The summed E-state index contributed by atoms with van der Waals surface area (Å²) in [7, 11) is 0. The smallest absolute Gasteiger partial charge is 0.339 e. The first-order valence-electron chi connectivity index (χ1n) is 13.7. The van der Waals surface area contributed by atoms with E-state index in [2.05, 4.69) is 18.3 Å². The molecular weight excluding hydrogens is 558 g/mol. The molecular formula is C32H32ClN3O4S. The molecule has 1 aliphatic heterocycles. The topological polar surface area (TPSA) is 75.5 Å². The van der Waals surface area contributed by atoms with Gasteiger partial charge in [-0.25, -0.2) is 9.78 Å². The highest BCUT2D eigenvalue weighted by Gasteiger charge is 2.33.